The van der Waals surface area contributed by atoms with Gasteiger partial charge in [-0.1, -0.05) is 41.6 Å². The Kier molecular flexibility index (Phi) is 7.26. The van der Waals surface area contributed by atoms with Gasteiger partial charge in [0.2, 0.25) is 5.91 Å². The van der Waals surface area contributed by atoms with Gasteiger partial charge in [0.1, 0.15) is 5.75 Å². The van der Waals surface area contributed by atoms with Gasteiger partial charge >= 0.3 is 0 Å². The number of rotatable bonds is 8. The van der Waals surface area contributed by atoms with Crippen LogP contribution in [0.2, 0.25) is 5.02 Å². The first kappa shape index (κ1) is 22.8. The zero-order chi connectivity index (χ0) is 23.2. The number of nitrogens with one attached hydrogen (secondary N) is 1. The molecule has 0 aliphatic heterocycles. The second-order valence-electron chi connectivity index (χ2n) is 7.18. The van der Waals surface area contributed by atoms with Crippen LogP contribution < -0.4 is 10.1 Å². The van der Waals surface area contributed by atoms with Gasteiger partial charge in [0.25, 0.3) is 0 Å². The molecule has 0 aliphatic rings. The van der Waals surface area contributed by atoms with Crippen LogP contribution in [-0.2, 0) is 11.3 Å². The summed E-state index contributed by atoms with van der Waals surface area (Å²) in [6.45, 7) is 2.36. The van der Waals surface area contributed by atoms with E-state index in [4.69, 9.17) is 16.3 Å². The highest BCUT2D eigenvalue weighted by molar-refractivity contribution is 7.99. The summed E-state index contributed by atoms with van der Waals surface area (Å²) in [5.74, 6) is 1.50. The second-order valence-corrected chi connectivity index (χ2v) is 8.53. The first-order chi connectivity index (χ1) is 16.1. The van der Waals surface area contributed by atoms with Crippen molar-refractivity contribution in [3.63, 3.8) is 0 Å². The number of thioether (sulfide) groups is 1. The molecule has 0 radical (unpaired) electrons. The van der Waals surface area contributed by atoms with Crippen LogP contribution in [0.15, 0.2) is 72.1 Å². The standard InChI is InChI=1S/C24H22ClN5O2S/c1-16-20(25)7-4-8-21(16)30-23(18-9-11-26-12-10-18)28-29-24(30)33-15-22(31)27-14-17-5-3-6-19(13-17)32-2/h3-13H,14-15H2,1-2H3,(H,27,31). The Bertz CT molecular complexity index is 1260. The molecule has 168 valence electrons. The highest BCUT2D eigenvalue weighted by Crippen LogP contribution is 2.31. The molecule has 0 unspecified atom stereocenters. The van der Waals surface area contributed by atoms with Crippen LogP contribution in [0.5, 0.6) is 5.75 Å². The molecule has 4 aromatic rings. The minimum Gasteiger partial charge on any atom is -0.497 e. The smallest absolute Gasteiger partial charge is 0.230 e. The van der Waals surface area contributed by atoms with E-state index in [2.05, 4.69) is 20.5 Å². The number of carbonyl (C=O) groups excluding carboxylic acids is 1. The normalized spacial score (nSPS) is 10.8. The maximum absolute atomic E-state index is 12.5. The van der Waals surface area contributed by atoms with Crippen molar-refractivity contribution in [3.8, 4) is 22.8 Å². The molecule has 4 rings (SSSR count). The Morgan fingerprint density at radius 3 is 2.70 bits per heavy atom. The van der Waals surface area contributed by atoms with Gasteiger partial charge in [-0.15, -0.1) is 10.2 Å². The molecule has 0 saturated carbocycles. The fourth-order valence-corrected chi connectivity index (χ4v) is 4.22. The van der Waals surface area contributed by atoms with E-state index < -0.39 is 0 Å². The summed E-state index contributed by atoms with van der Waals surface area (Å²) in [5.41, 5.74) is 3.59. The van der Waals surface area contributed by atoms with Gasteiger partial charge in [-0.3, -0.25) is 14.3 Å². The lowest BCUT2D eigenvalue weighted by Crippen LogP contribution is -2.24. The summed E-state index contributed by atoms with van der Waals surface area (Å²) in [6, 6.07) is 17.0. The van der Waals surface area contributed by atoms with Gasteiger partial charge in [0.15, 0.2) is 11.0 Å². The van der Waals surface area contributed by atoms with E-state index in [0.717, 1.165) is 28.1 Å². The summed E-state index contributed by atoms with van der Waals surface area (Å²) in [4.78, 5) is 16.6. The molecule has 0 spiro atoms. The fourth-order valence-electron chi connectivity index (χ4n) is 3.27. The maximum Gasteiger partial charge on any atom is 0.230 e. The number of hydrogen-bond donors (Lipinski definition) is 1. The molecule has 7 nitrogen and oxygen atoms in total. The highest BCUT2D eigenvalue weighted by atomic mass is 35.5. The van der Waals surface area contributed by atoms with Crippen molar-refractivity contribution in [3.05, 3.63) is 83.1 Å². The van der Waals surface area contributed by atoms with E-state index in [0.29, 0.717) is 22.5 Å². The number of aromatic nitrogens is 4. The summed E-state index contributed by atoms with van der Waals surface area (Å²) < 4.78 is 7.16. The van der Waals surface area contributed by atoms with E-state index in [1.54, 1.807) is 19.5 Å². The average molecular weight is 480 g/mol. The summed E-state index contributed by atoms with van der Waals surface area (Å²) in [5, 5.41) is 13.0. The third kappa shape index (κ3) is 5.35. The minimum absolute atomic E-state index is 0.106. The molecule has 0 saturated heterocycles. The average Bonchev–Trinajstić information content (AvgIpc) is 3.27. The van der Waals surface area contributed by atoms with Gasteiger partial charge in [-0.05, 0) is 54.4 Å². The summed E-state index contributed by atoms with van der Waals surface area (Å²) >= 11 is 7.70. The van der Waals surface area contributed by atoms with Crippen molar-refractivity contribution >= 4 is 29.3 Å². The number of methoxy groups -OCH3 is 1. The van der Waals surface area contributed by atoms with Crippen molar-refractivity contribution < 1.29 is 9.53 Å². The molecule has 2 heterocycles. The number of pyridine rings is 1. The van der Waals surface area contributed by atoms with Crippen LogP contribution in [0.1, 0.15) is 11.1 Å². The van der Waals surface area contributed by atoms with Crippen molar-refractivity contribution in [2.24, 2.45) is 0 Å². The van der Waals surface area contributed by atoms with Crippen LogP contribution in [0.4, 0.5) is 0 Å². The second kappa shape index (κ2) is 10.5. The molecule has 0 fully saturated rings. The molecule has 9 heteroatoms. The number of carbonyl (C=O) groups is 1. The fraction of sp³-hybridized carbons (Fsp3) is 0.167. The van der Waals surface area contributed by atoms with E-state index >= 15 is 0 Å². The van der Waals surface area contributed by atoms with Gasteiger partial charge < -0.3 is 10.1 Å². The first-order valence-corrected chi connectivity index (χ1v) is 11.6. The van der Waals surface area contributed by atoms with Crippen molar-refractivity contribution in [2.45, 2.75) is 18.6 Å². The lowest BCUT2D eigenvalue weighted by Gasteiger charge is -2.14. The quantitative estimate of drug-likeness (QED) is 0.368. The third-order valence-corrected chi connectivity index (χ3v) is 6.35. The number of amides is 1. The molecule has 33 heavy (non-hydrogen) atoms. The Hall–Kier alpha value is -3.36. The Labute approximate surface area is 201 Å². The zero-order valence-corrected chi connectivity index (χ0v) is 19.7. The van der Waals surface area contributed by atoms with E-state index in [9.17, 15) is 4.79 Å². The Balaban J connectivity index is 1.54. The molecule has 2 aromatic heterocycles. The highest BCUT2D eigenvalue weighted by Gasteiger charge is 2.19. The van der Waals surface area contributed by atoms with E-state index in [1.165, 1.54) is 11.8 Å². The molecule has 0 aliphatic carbocycles. The summed E-state index contributed by atoms with van der Waals surface area (Å²) in [6.07, 6.45) is 3.41. The number of ether oxygens (including phenoxy) is 1. The molecule has 2 aromatic carbocycles. The Morgan fingerprint density at radius 2 is 1.91 bits per heavy atom. The topological polar surface area (TPSA) is 81.9 Å². The monoisotopic (exact) mass is 479 g/mol. The lowest BCUT2D eigenvalue weighted by atomic mass is 10.2. The third-order valence-electron chi connectivity index (χ3n) is 5.01. The molecule has 0 atom stereocenters. The predicted molar refractivity (Wildman–Crippen MR) is 130 cm³/mol. The largest absolute Gasteiger partial charge is 0.497 e. The van der Waals surface area contributed by atoms with Crippen LogP contribution in [0.3, 0.4) is 0 Å². The SMILES string of the molecule is COc1cccc(CNC(=O)CSc2nnc(-c3ccncc3)n2-c2cccc(Cl)c2C)c1. The van der Waals surface area contributed by atoms with Crippen molar-refractivity contribution in [1.29, 1.82) is 0 Å². The predicted octanol–water partition coefficient (Wildman–Crippen LogP) is 4.71. The van der Waals surface area contributed by atoms with Crippen LogP contribution in [-0.4, -0.2) is 38.5 Å². The lowest BCUT2D eigenvalue weighted by molar-refractivity contribution is -0.118. The maximum atomic E-state index is 12.5. The van der Waals surface area contributed by atoms with Crippen molar-refractivity contribution in [2.75, 3.05) is 12.9 Å². The van der Waals surface area contributed by atoms with Gasteiger partial charge in [0, 0.05) is 29.5 Å². The molecule has 1 amide bonds. The van der Waals surface area contributed by atoms with E-state index in [1.807, 2.05) is 66.1 Å². The number of nitrogens with zero attached hydrogens (tertiary/aromatic N) is 4. The molecular formula is C24H22ClN5O2S. The zero-order valence-electron chi connectivity index (χ0n) is 18.2. The van der Waals surface area contributed by atoms with Crippen LogP contribution >= 0.6 is 23.4 Å². The number of halogens is 1. The van der Waals surface area contributed by atoms with Crippen LogP contribution in [0, 0.1) is 6.92 Å². The minimum atomic E-state index is -0.106. The van der Waals surface area contributed by atoms with E-state index in [-0.39, 0.29) is 11.7 Å². The van der Waals surface area contributed by atoms with Crippen LogP contribution in [0.25, 0.3) is 17.1 Å². The Morgan fingerprint density at radius 1 is 1.12 bits per heavy atom. The molecular weight excluding hydrogens is 458 g/mol. The van der Waals surface area contributed by atoms with Gasteiger partial charge in [-0.25, -0.2) is 0 Å². The number of benzene rings is 2. The molecule has 1 N–H and O–H groups in total. The van der Waals surface area contributed by atoms with Crippen molar-refractivity contribution in [1.82, 2.24) is 25.1 Å². The first-order valence-electron chi connectivity index (χ1n) is 10.2. The van der Waals surface area contributed by atoms with Gasteiger partial charge in [0.05, 0.1) is 18.6 Å². The molecule has 0 bridgehead atoms. The number of hydrogen-bond acceptors (Lipinski definition) is 6. The van der Waals surface area contributed by atoms with Gasteiger partial charge in [-0.2, -0.15) is 0 Å². The summed E-state index contributed by atoms with van der Waals surface area (Å²) in [7, 11) is 1.62.